The molecule has 0 spiro atoms. The van der Waals surface area contributed by atoms with Crippen LogP contribution in [0.1, 0.15) is 32.3 Å². The molecule has 1 aromatic rings. The lowest BCUT2D eigenvalue weighted by atomic mass is 10.1. The van der Waals surface area contributed by atoms with Gasteiger partial charge in [-0.1, -0.05) is 19.4 Å². The molecule has 0 radical (unpaired) electrons. The number of amides is 1. The average molecular weight is 282 g/mol. The first-order chi connectivity index (χ1) is 9.53. The van der Waals surface area contributed by atoms with Crippen molar-refractivity contribution in [3.05, 3.63) is 29.6 Å². The Morgan fingerprint density at radius 2 is 2.15 bits per heavy atom. The Bertz CT molecular complexity index is 451. The zero-order valence-corrected chi connectivity index (χ0v) is 12.4. The number of likely N-dealkylation sites (N-methyl/N-ethyl adjacent to an activating group) is 1. The normalized spacial score (nSPS) is 12.1. The third-order valence-corrected chi connectivity index (χ3v) is 3.20. The molecule has 0 aliphatic carbocycles. The van der Waals surface area contributed by atoms with E-state index in [1.165, 1.54) is 13.2 Å². The largest absolute Gasteiger partial charge is 0.494 e. The van der Waals surface area contributed by atoms with E-state index in [0.29, 0.717) is 19.5 Å². The minimum Gasteiger partial charge on any atom is -0.494 e. The van der Waals surface area contributed by atoms with Crippen LogP contribution in [-0.2, 0) is 11.3 Å². The van der Waals surface area contributed by atoms with Crippen LogP contribution >= 0.6 is 0 Å². The zero-order chi connectivity index (χ0) is 15.1. The lowest BCUT2D eigenvalue weighted by Gasteiger charge is -2.24. The summed E-state index contributed by atoms with van der Waals surface area (Å²) in [6.07, 6.45) is 1.52. The Morgan fingerprint density at radius 3 is 2.65 bits per heavy atom. The van der Waals surface area contributed by atoms with Crippen LogP contribution in [0.5, 0.6) is 5.75 Å². The van der Waals surface area contributed by atoms with Crippen molar-refractivity contribution in [1.29, 1.82) is 0 Å². The lowest BCUT2D eigenvalue weighted by Crippen LogP contribution is -2.43. The van der Waals surface area contributed by atoms with Crippen LogP contribution in [0.2, 0.25) is 0 Å². The molecule has 2 N–H and O–H groups in total. The molecule has 4 nitrogen and oxygen atoms in total. The van der Waals surface area contributed by atoms with E-state index in [1.54, 1.807) is 17.0 Å². The van der Waals surface area contributed by atoms with Gasteiger partial charge in [-0.15, -0.1) is 0 Å². The fraction of sp³-hybridized carbons (Fsp3) is 0.533. The predicted octanol–water partition coefficient (Wildman–Crippen LogP) is 2.31. The van der Waals surface area contributed by atoms with E-state index in [9.17, 15) is 9.18 Å². The highest BCUT2D eigenvalue weighted by Gasteiger charge is 2.19. The summed E-state index contributed by atoms with van der Waals surface area (Å²) in [5.41, 5.74) is 6.57. The first kappa shape index (κ1) is 16.4. The third-order valence-electron chi connectivity index (χ3n) is 3.20. The minimum atomic E-state index is -0.483. The van der Waals surface area contributed by atoms with E-state index < -0.39 is 11.9 Å². The van der Waals surface area contributed by atoms with Crippen molar-refractivity contribution in [1.82, 2.24) is 4.90 Å². The summed E-state index contributed by atoms with van der Waals surface area (Å²) in [6, 6.07) is 4.22. The topological polar surface area (TPSA) is 55.6 Å². The molecule has 0 unspecified atom stereocenters. The first-order valence-electron chi connectivity index (χ1n) is 6.90. The van der Waals surface area contributed by atoms with Crippen molar-refractivity contribution in [3.63, 3.8) is 0 Å². The van der Waals surface area contributed by atoms with Crippen molar-refractivity contribution in [2.45, 2.75) is 39.3 Å². The second kappa shape index (κ2) is 7.85. The number of halogens is 1. The maximum absolute atomic E-state index is 13.6. The second-order valence-electron chi connectivity index (χ2n) is 4.72. The van der Waals surface area contributed by atoms with Crippen molar-refractivity contribution in [2.75, 3.05) is 13.7 Å². The fourth-order valence-electron chi connectivity index (χ4n) is 2.04. The molecular formula is C15H23FN2O2. The fourth-order valence-corrected chi connectivity index (χ4v) is 2.04. The predicted molar refractivity (Wildman–Crippen MR) is 76.9 cm³/mol. The van der Waals surface area contributed by atoms with Gasteiger partial charge in [-0.05, 0) is 31.0 Å². The van der Waals surface area contributed by atoms with E-state index in [1.807, 2.05) is 13.8 Å². The van der Waals surface area contributed by atoms with Crippen molar-refractivity contribution in [3.8, 4) is 5.75 Å². The molecule has 0 saturated heterocycles. The van der Waals surface area contributed by atoms with E-state index in [4.69, 9.17) is 10.5 Å². The zero-order valence-electron chi connectivity index (χ0n) is 12.4. The summed E-state index contributed by atoms with van der Waals surface area (Å²) in [7, 11) is 1.42. The van der Waals surface area contributed by atoms with Gasteiger partial charge in [-0.25, -0.2) is 4.39 Å². The van der Waals surface area contributed by atoms with Crippen LogP contribution in [-0.4, -0.2) is 30.5 Å². The molecule has 5 heteroatoms. The second-order valence-corrected chi connectivity index (χ2v) is 4.72. The molecule has 0 aromatic heterocycles. The van der Waals surface area contributed by atoms with Crippen LogP contribution in [0.15, 0.2) is 18.2 Å². The van der Waals surface area contributed by atoms with Crippen molar-refractivity contribution >= 4 is 5.91 Å². The van der Waals surface area contributed by atoms with E-state index in [2.05, 4.69) is 0 Å². The van der Waals surface area contributed by atoms with Gasteiger partial charge in [0.25, 0.3) is 0 Å². The number of benzene rings is 1. The third kappa shape index (κ3) is 4.20. The quantitative estimate of drug-likeness (QED) is 0.835. The van der Waals surface area contributed by atoms with Gasteiger partial charge in [-0.2, -0.15) is 0 Å². The summed E-state index contributed by atoms with van der Waals surface area (Å²) in [6.45, 7) is 4.77. The summed E-state index contributed by atoms with van der Waals surface area (Å²) < 4.78 is 18.5. The number of rotatable bonds is 7. The number of ether oxygens (including phenoxy) is 1. The molecule has 1 rings (SSSR count). The maximum Gasteiger partial charge on any atom is 0.239 e. The van der Waals surface area contributed by atoms with Gasteiger partial charge < -0.3 is 15.4 Å². The summed E-state index contributed by atoms with van der Waals surface area (Å²) in [5, 5.41) is 0. The molecule has 0 aliphatic rings. The molecule has 0 aliphatic heterocycles. The molecule has 0 bridgehead atoms. The first-order valence-corrected chi connectivity index (χ1v) is 6.90. The Labute approximate surface area is 119 Å². The highest BCUT2D eigenvalue weighted by molar-refractivity contribution is 5.81. The molecule has 1 aromatic carbocycles. The van der Waals surface area contributed by atoms with Gasteiger partial charge in [0.2, 0.25) is 5.91 Å². The molecule has 1 amide bonds. The highest BCUT2D eigenvalue weighted by atomic mass is 19.1. The summed E-state index contributed by atoms with van der Waals surface area (Å²) >= 11 is 0. The van der Waals surface area contributed by atoms with E-state index in [0.717, 1.165) is 12.0 Å². The lowest BCUT2D eigenvalue weighted by molar-refractivity contribution is -0.133. The van der Waals surface area contributed by atoms with Gasteiger partial charge >= 0.3 is 0 Å². The molecule has 20 heavy (non-hydrogen) atoms. The Kier molecular flexibility index (Phi) is 6.45. The number of nitrogens with two attached hydrogens (primary N) is 1. The number of nitrogens with zero attached hydrogens (tertiary/aromatic N) is 1. The molecule has 112 valence electrons. The van der Waals surface area contributed by atoms with Crippen LogP contribution in [0.4, 0.5) is 4.39 Å². The average Bonchev–Trinajstić information content (AvgIpc) is 2.44. The van der Waals surface area contributed by atoms with Crippen LogP contribution in [0.3, 0.4) is 0 Å². The monoisotopic (exact) mass is 282 g/mol. The van der Waals surface area contributed by atoms with Gasteiger partial charge in [0.05, 0.1) is 13.2 Å². The molecule has 0 fully saturated rings. The maximum atomic E-state index is 13.6. The van der Waals surface area contributed by atoms with Crippen LogP contribution in [0.25, 0.3) is 0 Å². The molecule has 0 saturated carbocycles. The number of methoxy groups -OCH3 is 1. The summed E-state index contributed by atoms with van der Waals surface area (Å²) in [4.78, 5) is 13.8. The van der Waals surface area contributed by atoms with Crippen molar-refractivity contribution < 1.29 is 13.9 Å². The van der Waals surface area contributed by atoms with Crippen LogP contribution in [0, 0.1) is 5.82 Å². The van der Waals surface area contributed by atoms with Gasteiger partial charge in [0, 0.05) is 13.1 Å². The number of carbonyl (C=O) groups excluding carboxylic acids is 1. The van der Waals surface area contributed by atoms with E-state index in [-0.39, 0.29) is 11.7 Å². The molecular weight excluding hydrogens is 259 g/mol. The SMILES string of the molecule is CCC[C@@H](N)C(=O)N(CC)Cc1ccc(OC)c(F)c1. The minimum absolute atomic E-state index is 0.0921. The van der Waals surface area contributed by atoms with Gasteiger partial charge in [-0.3, -0.25) is 4.79 Å². The molecule has 0 heterocycles. The van der Waals surface area contributed by atoms with Gasteiger partial charge in [0.1, 0.15) is 0 Å². The van der Waals surface area contributed by atoms with Crippen LogP contribution < -0.4 is 10.5 Å². The number of hydrogen-bond acceptors (Lipinski definition) is 3. The Hall–Kier alpha value is -1.62. The smallest absolute Gasteiger partial charge is 0.239 e. The number of hydrogen-bond donors (Lipinski definition) is 1. The standard InChI is InChI=1S/C15H23FN2O2/c1-4-6-13(17)15(19)18(5-2)10-11-7-8-14(20-3)12(16)9-11/h7-9,13H,4-6,10,17H2,1-3H3/t13-/m1/s1. The van der Waals surface area contributed by atoms with Crippen molar-refractivity contribution in [2.24, 2.45) is 5.73 Å². The number of carbonyl (C=O) groups is 1. The summed E-state index contributed by atoms with van der Waals surface area (Å²) in [5.74, 6) is -0.317. The highest BCUT2D eigenvalue weighted by Crippen LogP contribution is 2.19. The van der Waals surface area contributed by atoms with Gasteiger partial charge in [0.15, 0.2) is 11.6 Å². The Morgan fingerprint density at radius 1 is 1.45 bits per heavy atom. The van der Waals surface area contributed by atoms with E-state index >= 15 is 0 Å². The molecule has 1 atom stereocenters. The Balaban J connectivity index is 2.78.